The van der Waals surface area contributed by atoms with Crippen LogP contribution in [-0.4, -0.2) is 18.5 Å². The van der Waals surface area contributed by atoms with Crippen molar-refractivity contribution in [2.45, 2.75) is 6.42 Å². The summed E-state index contributed by atoms with van der Waals surface area (Å²) in [7, 11) is 0. The SMILES string of the molecule is NCCC=Cc1ccc2c3c(cccc13)C(=O)OC2=O. The molecule has 2 aromatic carbocycles. The molecule has 0 fully saturated rings. The minimum atomic E-state index is -0.587. The van der Waals surface area contributed by atoms with Crippen LogP contribution in [0.4, 0.5) is 0 Å². The Morgan fingerprint density at radius 1 is 1.05 bits per heavy atom. The summed E-state index contributed by atoms with van der Waals surface area (Å²) in [4.78, 5) is 23.6. The number of ether oxygens (including phenoxy) is 1. The quantitative estimate of drug-likeness (QED) is 0.685. The smallest absolute Gasteiger partial charge is 0.346 e. The molecule has 0 radical (unpaired) electrons. The van der Waals surface area contributed by atoms with Crippen LogP contribution < -0.4 is 5.73 Å². The van der Waals surface area contributed by atoms with E-state index in [1.54, 1.807) is 18.2 Å². The normalized spacial score (nSPS) is 14.1. The van der Waals surface area contributed by atoms with Crippen LogP contribution in [-0.2, 0) is 4.74 Å². The second kappa shape index (κ2) is 4.90. The summed E-state index contributed by atoms with van der Waals surface area (Å²) in [6.45, 7) is 0.586. The van der Waals surface area contributed by atoms with Crippen LogP contribution in [0, 0.1) is 0 Å². The van der Waals surface area contributed by atoms with Crippen LogP contribution in [0.5, 0.6) is 0 Å². The molecule has 4 nitrogen and oxygen atoms in total. The number of carbonyl (C=O) groups is 2. The van der Waals surface area contributed by atoms with E-state index in [4.69, 9.17) is 10.5 Å². The third-order valence-corrected chi connectivity index (χ3v) is 3.33. The number of esters is 2. The molecule has 0 aliphatic carbocycles. The summed E-state index contributed by atoms with van der Waals surface area (Å²) in [5.41, 5.74) is 7.30. The van der Waals surface area contributed by atoms with E-state index in [-0.39, 0.29) is 0 Å². The molecule has 100 valence electrons. The van der Waals surface area contributed by atoms with Gasteiger partial charge in [-0.2, -0.15) is 0 Å². The van der Waals surface area contributed by atoms with Crippen LogP contribution in [0.2, 0.25) is 0 Å². The molecule has 4 heteroatoms. The molecule has 0 amide bonds. The summed E-state index contributed by atoms with van der Waals surface area (Å²) < 4.78 is 4.73. The molecule has 1 aliphatic rings. The number of nitrogens with two attached hydrogens (primary N) is 1. The second-order valence-electron chi connectivity index (χ2n) is 4.59. The lowest BCUT2D eigenvalue weighted by Crippen LogP contribution is -2.19. The Balaban J connectivity index is 2.26. The molecule has 20 heavy (non-hydrogen) atoms. The van der Waals surface area contributed by atoms with Gasteiger partial charge in [0.05, 0.1) is 11.1 Å². The van der Waals surface area contributed by atoms with Gasteiger partial charge in [0.25, 0.3) is 0 Å². The first-order valence-corrected chi connectivity index (χ1v) is 6.41. The molecule has 0 saturated heterocycles. The Bertz CT molecular complexity index is 726. The maximum Gasteiger partial charge on any atom is 0.346 e. The fourth-order valence-electron chi connectivity index (χ4n) is 2.42. The summed E-state index contributed by atoms with van der Waals surface area (Å²) in [6.07, 6.45) is 4.72. The van der Waals surface area contributed by atoms with E-state index in [9.17, 15) is 9.59 Å². The summed E-state index contributed by atoms with van der Waals surface area (Å²) in [5.74, 6) is -1.17. The lowest BCUT2D eigenvalue weighted by Gasteiger charge is -2.16. The van der Waals surface area contributed by atoms with Gasteiger partial charge in [-0.25, -0.2) is 9.59 Å². The van der Waals surface area contributed by atoms with Gasteiger partial charge in [0.2, 0.25) is 0 Å². The van der Waals surface area contributed by atoms with Gasteiger partial charge in [-0.05, 0) is 36.0 Å². The summed E-state index contributed by atoms with van der Waals surface area (Å²) in [6, 6.07) is 8.91. The molecule has 2 aromatic rings. The Morgan fingerprint density at radius 2 is 1.80 bits per heavy atom. The van der Waals surface area contributed by atoms with Gasteiger partial charge in [-0.15, -0.1) is 0 Å². The van der Waals surface area contributed by atoms with Crippen molar-refractivity contribution in [3.63, 3.8) is 0 Å². The molecule has 1 aliphatic heterocycles. The predicted octanol–water partition coefficient (Wildman–Crippen LogP) is 2.51. The van der Waals surface area contributed by atoms with Crippen LogP contribution >= 0.6 is 0 Å². The summed E-state index contributed by atoms with van der Waals surface area (Å²) in [5, 5.41) is 1.54. The zero-order valence-corrected chi connectivity index (χ0v) is 10.8. The highest BCUT2D eigenvalue weighted by molar-refractivity contribution is 6.21. The Hall–Kier alpha value is -2.46. The van der Waals surface area contributed by atoms with Crippen molar-refractivity contribution in [1.29, 1.82) is 0 Å². The molecule has 0 unspecified atom stereocenters. The second-order valence-corrected chi connectivity index (χ2v) is 4.59. The van der Waals surface area contributed by atoms with E-state index in [0.29, 0.717) is 23.1 Å². The first-order valence-electron chi connectivity index (χ1n) is 6.41. The van der Waals surface area contributed by atoms with Gasteiger partial charge in [0.1, 0.15) is 0 Å². The van der Waals surface area contributed by atoms with Crippen molar-refractivity contribution in [3.8, 4) is 0 Å². The zero-order valence-electron chi connectivity index (χ0n) is 10.8. The summed E-state index contributed by atoms with van der Waals surface area (Å²) >= 11 is 0. The number of carbonyl (C=O) groups excluding carboxylic acids is 2. The molecule has 3 rings (SSSR count). The largest absolute Gasteiger partial charge is 0.386 e. The predicted molar refractivity (Wildman–Crippen MR) is 76.4 cm³/mol. The van der Waals surface area contributed by atoms with E-state index in [1.807, 2.05) is 24.3 Å². The Kier molecular flexibility index (Phi) is 3.08. The highest BCUT2D eigenvalue weighted by Crippen LogP contribution is 2.31. The number of rotatable bonds is 3. The fourth-order valence-corrected chi connectivity index (χ4v) is 2.42. The zero-order chi connectivity index (χ0) is 14.1. The monoisotopic (exact) mass is 267 g/mol. The van der Waals surface area contributed by atoms with Crippen molar-refractivity contribution >= 4 is 28.8 Å². The third-order valence-electron chi connectivity index (χ3n) is 3.33. The first kappa shape index (κ1) is 12.6. The van der Waals surface area contributed by atoms with Gasteiger partial charge in [0.15, 0.2) is 0 Å². The molecule has 0 aromatic heterocycles. The molecule has 0 bridgehead atoms. The molecular weight excluding hydrogens is 254 g/mol. The van der Waals surface area contributed by atoms with Gasteiger partial charge in [0, 0.05) is 5.39 Å². The van der Waals surface area contributed by atoms with E-state index in [0.717, 1.165) is 17.4 Å². The molecular formula is C16H13NO3. The first-order chi connectivity index (χ1) is 9.72. The van der Waals surface area contributed by atoms with Crippen LogP contribution in [0.1, 0.15) is 32.7 Å². The number of cyclic esters (lactones) is 2. The molecule has 0 saturated carbocycles. The fraction of sp³-hybridized carbons (Fsp3) is 0.125. The number of hydrogen-bond donors (Lipinski definition) is 1. The topological polar surface area (TPSA) is 69.4 Å². The Labute approximate surface area is 115 Å². The minimum absolute atomic E-state index is 0.436. The van der Waals surface area contributed by atoms with E-state index in [1.165, 1.54) is 0 Å². The number of benzene rings is 2. The molecule has 1 heterocycles. The lowest BCUT2D eigenvalue weighted by molar-refractivity contribution is 0.0391. The maximum atomic E-state index is 11.8. The highest BCUT2D eigenvalue weighted by atomic mass is 16.6. The standard InChI is InChI=1S/C16H13NO3/c17-9-2-1-4-10-7-8-13-14-11(10)5-3-6-12(14)15(18)20-16(13)19/h1,3-8H,2,9,17H2. The van der Waals surface area contributed by atoms with E-state index in [2.05, 4.69) is 0 Å². The van der Waals surface area contributed by atoms with E-state index >= 15 is 0 Å². The maximum absolute atomic E-state index is 11.8. The lowest BCUT2D eigenvalue weighted by atomic mass is 9.93. The van der Waals surface area contributed by atoms with Crippen LogP contribution in [0.3, 0.4) is 0 Å². The highest BCUT2D eigenvalue weighted by Gasteiger charge is 2.27. The molecule has 0 atom stereocenters. The van der Waals surface area contributed by atoms with Gasteiger partial charge in [-0.3, -0.25) is 0 Å². The van der Waals surface area contributed by atoms with Crippen LogP contribution in [0.25, 0.3) is 16.8 Å². The van der Waals surface area contributed by atoms with Crippen molar-refractivity contribution in [3.05, 3.63) is 53.1 Å². The van der Waals surface area contributed by atoms with Crippen molar-refractivity contribution < 1.29 is 14.3 Å². The van der Waals surface area contributed by atoms with Gasteiger partial charge < -0.3 is 10.5 Å². The third kappa shape index (κ3) is 1.90. The van der Waals surface area contributed by atoms with Crippen LogP contribution in [0.15, 0.2) is 36.4 Å². The van der Waals surface area contributed by atoms with Crippen molar-refractivity contribution in [2.24, 2.45) is 5.73 Å². The van der Waals surface area contributed by atoms with Gasteiger partial charge in [-0.1, -0.05) is 30.4 Å². The average molecular weight is 267 g/mol. The minimum Gasteiger partial charge on any atom is -0.386 e. The van der Waals surface area contributed by atoms with Gasteiger partial charge >= 0.3 is 11.9 Å². The molecule has 0 spiro atoms. The van der Waals surface area contributed by atoms with Crippen molar-refractivity contribution in [2.75, 3.05) is 6.54 Å². The van der Waals surface area contributed by atoms with E-state index < -0.39 is 11.9 Å². The average Bonchev–Trinajstić information content (AvgIpc) is 2.45. The van der Waals surface area contributed by atoms with Crippen molar-refractivity contribution in [1.82, 2.24) is 0 Å². The molecule has 2 N–H and O–H groups in total. The number of hydrogen-bond acceptors (Lipinski definition) is 4. The Morgan fingerprint density at radius 3 is 2.55 bits per heavy atom.